The summed E-state index contributed by atoms with van der Waals surface area (Å²) >= 11 is 0. The van der Waals surface area contributed by atoms with E-state index in [-0.39, 0.29) is 42.4 Å². The van der Waals surface area contributed by atoms with Crippen LogP contribution in [-0.4, -0.2) is 40.6 Å². The molecule has 2 N–H and O–H groups in total. The number of non-ortho nitro benzene ring substituents is 1. The van der Waals surface area contributed by atoms with Crippen molar-refractivity contribution in [2.45, 2.75) is 18.9 Å². The Labute approximate surface area is 144 Å². The first-order chi connectivity index (χ1) is 12.0. The molecule has 0 aromatic heterocycles. The summed E-state index contributed by atoms with van der Waals surface area (Å²) in [6.07, 6.45) is 1.42. The minimum absolute atomic E-state index is 0.0232. The Hall–Kier alpha value is -2.45. The Bertz CT molecular complexity index is 616. The normalized spacial score (nSPS) is 25.8. The van der Waals surface area contributed by atoms with Crippen molar-refractivity contribution in [2.24, 2.45) is 17.8 Å². The lowest BCUT2D eigenvalue weighted by Crippen LogP contribution is -2.45. The number of carbonyl (C=O) groups excluding carboxylic acids is 1. The van der Waals surface area contributed by atoms with Crippen molar-refractivity contribution in [3.05, 3.63) is 47.0 Å². The van der Waals surface area contributed by atoms with Crippen LogP contribution in [0.15, 0.2) is 36.9 Å². The summed E-state index contributed by atoms with van der Waals surface area (Å²) in [7, 11) is 0. The molecule has 2 rings (SSSR count). The molecular formula is C17H21NO7. The molecule has 0 amide bonds. The quantitative estimate of drug-likeness (QED) is 0.265. The number of aliphatic hydroxyl groups is 2. The van der Waals surface area contributed by atoms with E-state index in [1.807, 2.05) is 0 Å². The molecule has 0 saturated heterocycles. The highest BCUT2D eigenvalue weighted by Gasteiger charge is 2.40. The van der Waals surface area contributed by atoms with Crippen LogP contribution in [0.5, 0.6) is 5.75 Å². The van der Waals surface area contributed by atoms with E-state index in [0.29, 0.717) is 6.42 Å². The van der Waals surface area contributed by atoms with E-state index < -0.39 is 17.2 Å². The van der Waals surface area contributed by atoms with Crippen molar-refractivity contribution in [2.75, 3.05) is 13.2 Å². The zero-order chi connectivity index (χ0) is 18.4. The van der Waals surface area contributed by atoms with Gasteiger partial charge in [0.05, 0.1) is 11.5 Å². The lowest BCUT2D eigenvalue weighted by Gasteiger charge is -2.39. The van der Waals surface area contributed by atoms with Gasteiger partial charge in [-0.15, -0.1) is 6.58 Å². The van der Waals surface area contributed by atoms with Gasteiger partial charge >= 0.3 is 6.16 Å². The highest BCUT2D eigenvalue weighted by Crippen LogP contribution is 2.36. The van der Waals surface area contributed by atoms with Crippen molar-refractivity contribution in [1.82, 2.24) is 0 Å². The number of hydrogen-bond acceptors (Lipinski definition) is 7. The van der Waals surface area contributed by atoms with Crippen LogP contribution in [0.2, 0.25) is 0 Å². The number of carbonyl (C=O) groups is 1. The Morgan fingerprint density at radius 2 is 1.96 bits per heavy atom. The zero-order valence-electron chi connectivity index (χ0n) is 13.6. The maximum Gasteiger partial charge on any atom is 0.514 e. The van der Waals surface area contributed by atoms with Gasteiger partial charge in [0, 0.05) is 30.6 Å². The second kappa shape index (κ2) is 8.59. The number of nitro groups is 1. The fourth-order valence-corrected chi connectivity index (χ4v) is 3.16. The van der Waals surface area contributed by atoms with Crippen LogP contribution >= 0.6 is 0 Å². The van der Waals surface area contributed by atoms with Gasteiger partial charge in [-0.25, -0.2) is 4.79 Å². The molecule has 4 atom stereocenters. The van der Waals surface area contributed by atoms with Crippen LogP contribution in [0.4, 0.5) is 10.5 Å². The molecule has 0 heterocycles. The van der Waals surface area contributed by atoms with E-state index in [1.54, 1.807) is 6.08 Å². The molecule has 8 nitrogen and oxygen atoms in total. The van der Waals surface area contributed by atoms with Gasteiger partial charge in [-0.2, -0.15) is 0 Å². The third-order valence-corrected chi connectivity index (χ3v) is 4.54. The molecule has 25 heavy (non-hydrogen) atoms. The summed E-state index contributed by atoms with van der Waals surface area (Å²) in [5, 5.41) is 29.8. The third-order valence-electron chi connectivity index (χ3n) is 4.54. The van der Waals surface area contributed by atoms with Gasteiger partial charge < -0.3 is 19.7 Å². The van der Waals surface area contributed by atoms with Gasteiger partial charge in [-0.1, -0.05) is 6.08 Å². The number of allylic oxidation sites excluding steroid dienone is 1. The number of nitrogens with zero attached hydrogens (tertiary/aromatic N) is 1. The first-order valence-corrected chi connectivity index (χ1v) is 7.97. The predicted octanol–water partition coefficient (Wildman–Crippen LogP) is 2.29. The summed E-state index contributed by atoms with van der Waals surface area (Å²) in [6.45, 7) is 3.36. The maximum absolute atomic E-state index is 12.1. The van der Waals surface area contributed by atoms with Crippen molar-refractivity contribution >= 4 is 11.8 Å². The second-order valence-corrected chi connectivity index (χ2v) is 5.95. The second-order valence-electron chi connectivity index (χ2n) is 5.95. The summed E-state index contributed by atoms with van der Waals surface area (Å²) in [5.74, 6) is -0.580. The van der Waals surface area contributed by atoms with Crippen molar-refractivity contribution in [1.29, 1.82) is 0 Å². The van der Waals surface area contributed by atoms with Crippen LogP contribution in [0, 0.1) is 27.9 Å². The van der Waals surface area contributed by atoms with Crippen LogP contribution in [0.25, 0.3) is 0 Å². The number of aliphatic hydroxyl groups excluding tert-OH is 2. The minimum Gasteiger partial charge on any atom is -0.430 e. The van der Waals surface area contributed by atoms with Gasteiger partial charge in [0.15, 0.2) is 0 Å². The minimum atomic E-state index is -0.986. The number of rotatable bonds is 6. The molecule has 1 aromatic rings. The average Bonchev–Trinajstić information content (AvgIpc) is 2.61. The van der Waals surface area contributed by atoms with Crippen LogP contribution in [0.1, 0.15) is 12.8 Å². The fourth-order valence-electron chi connectivity index (χ4n) is 3.16. The standard InChI is InChI=1S/C17H21NO7/c1-2-11-3-4-12(9-19)16(15(11)10-20)25-17(21)24-14-7-5-13(6-8-14)18(22)23/h2,5-8,11-12,15-16,19-20H,1,3-4,9-10H2. The van der Waals surface area contributed by atoms with E-state index in [2.05, 4.69) is 6.58 Å². The molecule has 1 fully saturated rings. The Kier molecular flexibility index (Phi) is 6.49. The molecule has 8 heteroatoms. The Balaban J connectivity index is 2.05. The molecule has 0 aliphatic heterocycles. The highest BCUT2D eigenvalue weighted by atomic mass is 16.7. The molecule has 1 saturated carbocycles. The highest BCUT2D eigenvalue weighted by molar-refractivity contribution is 5.64. The molecule has 1 aromatic carbocycles. The van der Waals surface area contributed by atoms with Crippen LogP contribution in [-0.2, 0) is 4.74 Å². The molecule has 1 aliphatic carbocycles. The van der Waals surface area contributed by atoms with Crippen molar-refractivity contribution in [3.8, 4) is 5.75 Å². The smallest absolute Gasteiger partial charge is 0.430 e. The van der Waals surface area contributed by atoms with Gasteiger partial charge in [-0.05, 0) is 30.9 Å². The summed E-state index contributed by atoms with van der Waals surface area (Å²) in [4.78, 5) is 22.1. The molecule has 4 unspecified atom stereocenters. The van der Waals surface area contributed by atoms with Crippen LogP contribution in [0.3, 0.4) is 0 Å². The monoisotopic (exact) mass is 351 g/mol. The number of hydrogen-bond donors (Lipinski definition) is 2. The topological polar surface area (TPSA) is 119 Å². The lowest BCUT2D eigenvalue weighted by molar-refractivity contribution is -0.384. The lowest BCUT2D eigenvalue weighted by atomic mass is 9.72. The van der Waals surface area contributed by atoms with Gasteiger partial charge in [-0.3, -0.25) is 10.1 Å². The summed E-state index contributed by atoms with van der Waals surface area (Å²) in [5.41, 5.74) is -0.123. The molecular weight excluding hydrogens is 330 g/mol. The average molecular weight is 351 g/mol. The molecule has 1 aliphatic rings. The molecule has 0 bridgehead atoms. The van der Waals surface area contributed by atoms with Crippen LogP contribution < -0.4 is 4.74 Å². The van der Waals surface area contributed by atoms with Gasteiger partial charge in [0.1, 0.15) is 11.9 Å². The maximum atomic E-state index is 12.1. The van der Waals surface area contributed by atoms with E-state index in [1.165, 1.54) is 24.3 Å². The Morgan fingerprint density at radius 1 is 1.28 bits per heavy atom. The summed E-state index contributed by atoms with van der Waals surface area (Å²) < 4.78 is 10.4. The Morgan fingerprint density at radius 3 is 2.48 bits per heavy atom. The fraction of sp³-hybridized carbons (Fsp3) is 0.471. The number of benzene rings is 1. The molecule has 136 valence electrons. The first-order valence-electron chi connectivity index (χ1n) is 7.97. The summed E-state index contributed by atoms with van der Waals surface area (Å²) in [6, 6.07) is 5.01. The zero-order valence-corrected chi connectivity index (χ0v) is 13.6. The third kappa shape index (κ3) is 4.55. The molecule has 0 spiro atoms. The SMILES string of the molecule is C=CC1CCC(CO)C(OC(=O)Oc2ccc([N+](=O)[O-])cc2)C1CO. The van der Waals surface area contributed by atoms with E-state index in [4.69, 9.17) is 9.47 Å². The first kappa shape index (κ1) is 18.9. The van der Waals surface area contributed by atoms with Gasteiger partial charge in [0.25, 0.3) is 5.69 Å². The van der Waals surface area contributed by atoms with E-state index >= 15 is 0 Å². The largest absolute Gasteiger partial charge is 0.514 e. The van der Waals surface area contributed by atoms with E-state index in [9.17, 15) is 25.1 Å². The van der Waals surface area contributed by atoms with Gasteiger partial charge in [0.2, 0.25) is 0 Å². The van der Waals surface area contributed by atoms with Crippen molar-refractivity contribution < 1.29 is 29.4 Å². The van der Waals surface area contributed by atoms with Crippen molar-refractivity contribution in [3.63, 3.8) is 0 Å². The molecule has 0 radical (unpaired) electrons. The van der Waals surface area contributed by atoms with E-state index in [0.717, 1.165) is 6.42 Å². The predicted molar refractivity (Wildman–Crippen MR) is 88.1 cm³/mol. The number of nitro benzene ring substituents is 1. The number of ether oxygens (including phenoxy) is 2.